The Bertz CT molecular complexity index is 473. The first kappa shape index (κ1) is 13.7. The molecule has 0 saturated heterocycles. The minimum Gasteiger partial charge on any atom is -0.487 e. The standard InChI is InChI=1S/C15H22N2O2/c1-9-6-7-11(8-10(9)2)19-14-12(15(17)18)4-3-5-13(14)16/h3-5,9-11H,6-8,16H2,1-2H3,(H2,17,18). The van der Waals surface area contributed by atoms with Crippen molar-refractivity contribution in [2.45, 2.75) is 39.2 Å². The van der Waals surface area contributed by atoms with Gasteiger partial charge < -0.3 is 16.2 Å². The zero-order valence-corrected chi connectivity index (χ0v) is 11.6. The van der Waals surface area contributed by atoms with E-state index in [0.717, 1.165) is 25.2 Å². The van der Waals surface area contributed by atoms with Crippen LogP contribution in [-0.4, -0.2) is 12.0 Å². The number of ether oxygens (including phenoxy) is 1. The monoisotopic (exact) mass is 262 g/mol. The first-order valence-electron chi connectivity index (χ1n) is 6.84. The number of rotatable bonds is 3. The molecule has 0 radical (unpaired) electrons. The van der Waals surface area contributed by atoms with Crippen LogP contribution in [-0.2, 0) is 0 Å². The molecule has 1 fully saturated rings. The lowest BCUT2D eigenvalue weighted by Gasteiger charge is -2.32. The number of primary amides is 1. The van der Waals surface area contributed by atoms with Crippen LogP contribution < -0.4 is 16.2 Å². The molecule has 0 bridgehead atoms. The third-order valence-electron chi connectivity index (χ3n) is 4.15. The fourth-order valence-electron chi connectivity index (χ4n) is 2.65. The predicted molar refractivity (Wildman–Crippen MR) is 76.0 cm³/mol. The van der Waals surface area contributed by atoms with Gasteiger partial charge in [0.2, 0.25) is 0 Å². The van der Waals surface area contributed by atoms with E-state index in [1.807, 2.05) is 0 Å². The van der Waals surface area contributed by atoms with Gasteiger partial charge in [-0.3, -0.25) is 4.79 Å². The number of anilines is 1. The molecule has 0 heterocycles. The van der Waals surface area contributed by atoms with E-state index in [-0.39, 0.29) is 6.10 Å². The molecule has 1 aliphatic rings. The van der Waals surface area contributed by atoms with Crippen LogP contribution in [0.5, 0.6) is 5.75 Å². The first-order valence-corrected chi connectivity index (χ1v) is 6.84. The van der Waals surface area contributed by atoms with E-state index in [1.54, 1.807) is 18.2 Å². The molecule has 1 saturated carbocycles. The van der Waals surface area contributed by atoms with Gasteiger partial charge in [-0.15, -0.1) is 0 Å². The molecular weight excluding hydrogens is 240 g/mol. The Labute approximate surface area is 114 Å². The molecule has 1 amide bonds. The largest absolute Gasteiger partial charge is 0.487 e. The molecule has 1 aromatic rings. The summed E-state index contributed by atoms with van der Waals surface area (Å²) in [6.45, 7) is 4.51. The number of carbonyl (C=O) groups is 1. The van der Waals surface area contributed by atoms with Gasteiger partial charge in [-0.2, -0.15) is 0 Å². The van der Waals surface area contributed by atoms with Crippen molar-refractivity contribution >= 4 is 11.6 Å². The Kier molecular flexibility index (Phi) is 3.98. The maximum absolute atomic E-state index is 11.4. The van der Waals surface area contributed by atoms with E-state index in [1.165, 1.54) is 0 Å². The topological polar surface area (TPSA) is 78.3 Å². The zero-order valence-electron chi connectivity index (χ0n) is 11.6. The van der Waals surface area contributed by atoms with E-state index < -0.39 is 5.91 Å². The van der Waals surface area contributed by atoms with Crippen LogP contribution in [0, 0.1) is 11.8 Å². The summed E-state index contributed by atoms with van der Waals surface area (Å²) in [6.07, 6.45) is 3.25. The highest BCUT2D eigenvalue weighted by molar-refractivity contribution is 5.97. The van der Waals surface area contributed by atoms with Crippen LogP contribution in [0.15, 0.2) is 18.2 Å². The molecule has 4 heteroatoms. The lowest BCUT2D eigenvalue weighted by atomic mass is 9.80. The molecule has 4 N–H and O–H groups in total. The van der Waals surface area contributed by atoms with Crippen molar-refractivity contribution in [1.29, 1.82) is 0 Å². The van der Waals surface area contributed by atoms with Gasteiger partial charge in [0.05, 0.1) is 17.4 Å². The van der Waals surface area contributed by atoms with Crippen LogP contribution in [0.4, 0.5) is 5.69 Å². The second kappa shape index (κ2) is 5.51. The molecule has 1 aliphatic carbocycles. The zero-order chi connectivity index (χ0) is 14.0. The molecular formula is C15H22N2O2. The summed E-state index contributed by atoms with van der Waals surface area (Å²) in [6, 6.07) is 5.10. The summed E-state index contributed by atoms with van der Waals surface area (Å²) < 4.78 is 5.97. The van der Waals surface area contributed by atoms with Gasteiger partial charge in [0.15, 0.2) is 5.75 Å². The summed E-state index contributed by atoms with van der Waals surface area (Å²) in [5.74, 6) is 1.30. The first-order chi connectivity index (χ1) is 8.99. The van der Waals surface area contributed by atoms with Gasteiger partial charge in [0, 0.05) is 0 Å². The van der Waals surface area contributed by atoms with E-state index in [0.29, 0.717) is 22.9 Å². The Balaban J connectivity index is 2.17. The summed E-state index contributed by atoms with van der Waals surface area (Å²) in [4.78, 5) is 11.4. The molecule has 2 rings (SSSR count). The highest BCUT2D eigenvalue weighted by Gasteiger charge is 2.27. The highest BCUT2D eigenvalue weighted by atomic mass is 16.5. The van der Waals surface area contributed by atoms with E-state index in [2.05, 4.69) is 13.8 Å². The molecule has 0 aliphatic heterocycles. The Hall–Kier alpha value is -1.71. The number of carbonyl (C=O) groups excluding carboxylic acids is 1. The van der Waals surface area contributed by atoms with Crippen molar-refractivity contribution < 1.29 is 9.53 Å². The van der Waals surface area contributed by atoms with Crippen LogP contribution in [0.2, 0.25) is 0 Å². The number of benzene rings is 1. The van der Waals surface area contributed by atoms with Gasteiger partial charge in [-0.1, -0.05) is 19.9 Å². The SMILES string of the molecule is CC1CCC(Oc2c(N)cccc2C(N)=O)CC1C. The minimum atomic E-state index is -0.500. The normalized spacial score (nSPS) is 26.9. The number of hydrogen-bond acceptors (Lipinski definition) is 3. The van der Waals surface area contributed by atoms with Crippen molar-refractivity contribution in [2.24, 2.45) is 17.6 Å². The molecule has 19 heavy (non-hydrogen) atoms. The lowest BCUT2D eigenvalue weighted by Crippen LogP contribution is -2.29. The minimum absolute atomic E-state index is 0.119. The van der Waals surface area contributed by atoms with Gasteiger partial charge in [0.1, 0.15) is 0 Å². The fourth-order valence-corrected chi connectivity index (χ4v) is 2.65. The molecule has 104 valence electrons. The third-order valence-corrected chi connectivity index (χ3v) is 4.15. The smallest absolute Gasteiger partial charge is 0.252 e. The number of amides is 1. The number of nitrogens with two attached hydrogens (primary N) is 2. The summed E-state index contributed by atoms with van der Waals surface area (Å²) >= 11 is 0. The van der Waals surface area contributed by atoms with Gasteiger partial charge >= 0.3 is 0 Å². The molecule has 3 unspecified atom stereocenters. The van der Waals surface area contributed by atoms with Crippen molar-refractivity contribution in [1.82, 2.24) is 0 Å². The van der Waals surface area contributed by atoms with Crippen LogP contribution in [0.3, 0.4) is 0 Å². The fraction of sp³-hybridized carbons (Fsp3) is 0.533. The van der Waals surface area contributed by atoms with Crippen molar-refractivity contribution in [2.75, 3.05) is 5.73 Å². The van der Waals surface area contributed by atoms with Crippen LogP contribution >= 0.6 is 0 Å². The average molecular weight is 262 g/mol. The van der Waals surface area contributed by atoms with E-state index in [4.69, 9.17) is 16.2 Å². The van der Waals surface area contributed by atoms with Crippen LogP contribution in [0.1, 0.15) is 43.5 Å². The van der Waals surface area contributed by atoms with Gasteiger partial charge in [-0.05, 0) is 43.2 Å². The average Bonchev–Trinajstić information content (AvgIpc) is 2.36. The quantitative estimate of drug-likeness (QED) is 0.822. The van der Waals surface area contributed by atoms with Gasteiger partial charge in [-0.25, -0.2) is 0 Å². The second-order valence-electron chi connectivity index (χ2n) is 5.60. The maximum atomic E-state index is 11.4. The second-order valence-corrected chi connectivity index (χ2v) is 5.60. The highest BCUT2D eigenvalue weighted by Crippen LogP contribution is 2.34. The predicted octanol–water partition coefficient (Wildman–Crippen LogP) is 2.57. The molecule has 3 atom stereocenters. The Morgan fingerprint density at radius 1 is 1.26 bits per heavy atom. The molecule has 4 nitrogen and oxygen atoms in total. The number of hydrogen-bond donors (Lipinski definition) is 2. The summed E-state index contributed by atoms with van der Waals surface area (Å²) in [7, 11) is 0. The van der Waals surface area contributed by atoms with Gasteiger partial charge in [0.25, 0.3) is 5.91 Å². The molecule has 1 aromatic carbocycles. The molecule has 0 spiro atoms. The van der Waals surface area contributed by atoms with Crippen molar-refractivity contribution in [3.05, 3.63) is 23.8 Å². The lowest BCUT2D eigenvalue weighted by molar-refractivity contribution is 0.0936. The Morgan fingerprint density at radius 2 is 2.00 bits per heavy atom. The van der Waals surface area contributed by atoms with E-state index in [9.17, 15) is 4.79 Å². The van der Waals surface area contributed by atoms with Crippen molar-refractivity contribution in [3.8, 4) is 5.75 Å². The van der Waals surface area contributed by atoms with Crippen molar-refractivity contribution in [3.63, 3.8) is 0 Å². The number of nitrogen functional groups attached to an aromatic ring is 1. The van der Waals surface area contributed by atoms with Crippen LogP contribution in [0.25, 0.3) is 0 Å². The summed E-state index contributed by atoms with van der Waals surface area (Å²) in [5, 5.41) is 0. The van der Waals surface area contributed by atoms with E-state index >= 15 is 0 Å². The summed E-state index contributed by atoms with van der Waals surface area (Å²) in [5.41, 5.74) is 12.1. The number of para-hydroxylation sites is 1. The third kappa shape index (κ3) is 3.00. The molecule has 0 aromatic heterocycles. The maximum Gasteiger partial charge on any atom is 0.252 e. The Morgan fingerprint density at radius 3 is 2.63 bits per heavy atom.